The first-order valence-corrected chi connectivity index (χ1v) is 8.36. The SMILES string of the molecule is CC1(C(=O)Nc2nc3cc4c(cc3s2)OCCO4)CC1(Cl)Cl. The van der Waals surface area contributed by atoms with Gasteiger partial charge in [0.15, 0.2) is 16.6 Å². The van der Waals surface area contributed by atoms with Crippen molar-refractivity contribution in [3.8, 4) is 11.5 Å². The first kappa shape index (κ1) is 14.4. The zero-order valence-electron chi connectivity index (χ0n) is 11.6. The van der Waals surface area contributed by atoms with E-state index >= 15 is 0 Å². The van der Waals surface area contributed by atoms with Crippen LogP contribution in [-0.4, -0.2) is 28.4 Å². The zero-order chi connectivity index (χ0) is 15.5. The van der Waals surface area contributed by atoms with Crippen LogP contribution < -0.4 is 14.8 Å². The Morgan fingerprint density at radius 1 is 1.32 bits per heavy atom. The van der Waals surface area contributed by atoms with E-state index in [1.165, 1.54) is 11.3 Å². The van der Waals surface area contributed by atoms with Crippen LogP contribution in [0.15, 0.2) is 12.1 Å². The highest BCUT2D eigenvalue weighted by Crippen LogP contribution is 2.64. The average molecular weight is 359 g/mol. The number of alkyl halides is 2. The molecule has 1 atom stereocenters. The van der Waals surface area contributed by atoms with Crippen molar-refractivity contribution >= 4 is 55.8 Å². The molecule has 8 heteroatoms. The highest BCUT2D eigenvalue weighted by Gasteiger charge is 2.68. The largest absolute Gasteiger partial charge is 0.486 e. The van der Waals surface area contributed by atoms with Crippen LogP contribution >= 0.6 is 34.5 Å². The van der Waals surface area contributed by atoms with Crippen molar-refractivity contribution in [3.63, 3.8) is 0 Å². The number of aromatic nitrogens is 1. The van der Waals surface area contributed by atoms with Crippen LogP contribution in [0.2, 0.25) is 0 Å². The van der Waals surface area contributed by atoms with E-state index in [0.717, 1.165) is 10.2 Å². The van der Waals surface area contributed by atoms with Gasteiger partial charge in [-0.25, -0.2) is 4.98 Å². The van der Waals surface area contributed by atoms with Gasteiger partial charge < -0.3 is 14.8 Å². The number of anilines is 1. The Hall–Kier alpha value is -1.24. The monoisotopic (exact) mass is 358 g/mol. The Labute approximate surface area is 140 Å². The number of nitrogens with one attached hydrogen (secondary N) is 1. The molecule has 1 amide bonds. The van der Waals surface area contributed by atoms with E-state index in [9.17, 15) is 4.79 Å². The molecule has 1 fully saturated rings. The van der Waals surface area contributed by atoms with Crippen molar-refractivity contribution in [3.05, 3.63) is 12.1 Å². The van der Waals surface area contributed by atoms with Crippen molar-refractivity contribution in [2.75, 3.05) is 18.5 Å². The Morgan fingerprint density at radius 2 is 1.95 bits per heavy atom. The van der Waals surface area contributed by atoms with Crippen LogP contribution in [0.25, 0.3) is 10.2 Å². The van der Waals surface area contributed by atoms with Crippen molar-refractivity contribution in [2.45, 2.75) is 17.7 Å². The van der Waals surface area contributed by atoms with Crippen LogP contribution in [0.4, 0.5) is 5.13 Å². The molecule has 1 unspecified atom stereocenters. The standard InChI is InChI=1S/C14H12Cl2N2O3S/c1-13(6-14(13,15)16)11(19)18-12-17-7-4-8-9(5-10(7)22-12)21-3-2-20-8/h4-5H,2-3,6H2,1H3,(H,17,18,19). The number of nitrogens with zero attached hydrogens (tertiary/aromatic N) is 1. The van der Waals surface area contributed by atoms with Crippen LogP contribution in [0, 0.1) is 5.41 Å². The summed E-state index contributed by atoms with van der Waals surface area (Å²) < 4.78 is 11.0. The Kier molecular flexibility index (Phi) is 3.02. The van der Waals surface area contributed by atoms with Gasteiger partial charge in [0, 0.05) is 12.1 Å². The van der Waals surface area contributed by atoms with Gasteiger partial charge in [0.2, 0.25) is 5.91 Å². The summed E-state index contributed by atoms with van der Waals surface area (Å²) in [7, 11) is 0. The van der Waals surface area contributed by atoms with Crippen LogP contribution in [0.5, 0.6) is 11.5 Å². The van der Waals surface area contributed by atoms with Crippen molar-refractivity contribution in [1.29, 1.82) is 0 Å². The third-order valence-electron chi connectivity index (χ3n) is 4.03. The number of hydrogen-bond acceptors (Lipinski definition) is 5. The van der Waals surface area contributed by atoms with Crippen LogP contribution in [0.3, 0.4) is 0 Å². The first-order valence-electron chi connectivity index (χ1n) is 6.78. The molecule has 1 aliphatic heterocycles. The number of benzene rings is 1. The zero-order valence-corrected chi connectivity index (χ0v) is 13.9. The highest BCUT2D eigenvalue weighted by atomic mass is 35.5. The van der Waals surface area contributed by atoms with Gasteiger partial charge >= 0.3 is 0 Å². The minimum Gasteiger partial charge on any atom is -0.486 e. The van der Waals surface area contributed by atoms with Gasteiger partial charge in [-0.1, -0.05) is 11.3 Å². The fraction of sp³-hybridized carbons (Fsp3) is 0.429. The van der Waals surface area contributed by atoms with Gasteiger partial charge in [0.1, 0.15) is 17.5 Å². The first-order chi connectivity index (χ1) is 10.4. The maximum absolute atomic E-state index is 12.3. The fourth-order valence-corrected chi connectivity index (χ4v) is 3.98. The highest BCUT2D eigenvalue weighted by molar-refractivity contribution is 7.22. The molecule has 1 aromatic carbocycles. The normalized spacial score (nSPS) is 25.0. The molecule has 1 saturated carbocycles. The summed E-state index contributed by atoms with van der Waals surface area (Å²) in [4.78, 5) is 16.7. The van der Waals surface area contributed by atoms with E-state index in [2.05, 4.69) is 10.3 Å². The molecule has 2 aromatic rings. The number of carbonyl (C=O) groups excluding carboxylic acids is 1. The second kappa shape index (κ2) is 4.63. The van der Waals surface area contributed by atoms with E-state index in [1.54, 1.807) is 6.92 Å². The smallest absolute Gasteiger partial charge is 0.235 e. The van der Waals surface area contributed by atoms with Crippen molar-refractivity contribution in [2.24, 2.45) is 5.41 Å². The molecule has 0 saturated heterocycles. The van der Waals surface area contributed by atoms with Gasteiger partial charge in [-0.15, -0.1) is 23.2 Å². The predicted octanol–water partition coefficient (Wildman–Crippen LogP) is 3.59. The quantitative estimate of drug-likeness (QED) is 0.833. The lowest BCUT2D eigenvalue weighted by Crippen LogP contribution is -2.25. The molecule has 0 spiro atoms. The molecule has 1 aromatic heterocycles. The lowest BCUT2D eigenvalue weighted by Gasteiger charge is -2.17. The summed E-state index contributed by atoms with van der Waals surface area (Å²) in [6, 6.07) is 3.70. The Morgan fingerprint density at radius 3 is 2.59 bits per heavy atom. The van der Waals surface area contributed by atoms with E-state index in [0.29, 0.717) is 36.3 Å². The fourth-order valence-electron chi connectivity index (χ4n) is 2.40. The summed E-state index contributed by atoms with van der Waals surface area (Å²) in [6.45, 7) is 2.81. The van der Waals surface area contributed by atoms with Gasteiger partial charge in [0.25, 0.3) is 0 Å². The number of amides is 1. The molecule has 2 aliphatic rings. The second-order valence-corrected chi connectivity index (χ2v) is 8.16. The minimum atomic E-state index is -0.992. The van der Waals surface area contributed by atoms with Gasteiger partial charge in [-0.05, 0) is 13.3 Å². The van der Waals surface area contributed by atoms with Crippen LogP contribution in [0.1, 0.15) is 13.3 Å². The Balaban J connectivity index is 1.62. The number of rotatable bonds is 2. The summed E-state index contributed by atoms with van der Waals surface area (Å²) >= 11 is 13.4. The second-order valence-electron chi connectivity index (χ2n) is 5.65. The minimum absolute atomic E-state index is 0.214. The molecule has 5 nitrogen and oxygen atoms in total. The summed E-state index contributed by atoms with van der Waals surface area (Å²) in [5, 5.41) is 3.31. The molecule has 22 heavy (non-hydrogen) atoms. The van der Waals surface area contributed by atoms with Gasteiger partial charge in [-0.2, -0.15) is 0 Å². The van der Waals surface area contributed by atoms with Gasteiger partial charge in [0.05, 0.1) is 15.6 Å². The molecular formula is C14H12Cl2N2O3S. The molecule has 1 N–H and O–H groups in total. The van der Waals surface area contributed by atoms with Crippen LogP contribution in [-0.2, 0) is 4.79 Å². The molecule has 4 rings (SSSR count). The number of thiazole rings is 1. The third kappa shape index (κ3) is 2.13. The number of halogens is 2. The molecular weight excluding hydrogens is 347 g/mol. The lowest BCUT2D eigenvalue weighted by molar-refractivity contribution is -0.120. The van der Waals surface area contributed by atoms with E-state index in [4.69, 9.17) is 32.7 Å². The third-order valence-corrected chi connectivity index (χ3v) is 6.07. The number of carbonyl (C=O) groups is 1. The van der Waals surface area contributed by atoms with E-state index < -0.39 is 9.75 Å². The molecule has 1 aliphatic carbocycles. The predicted molar refractivity (Wildman–Crippen MR) is 86.4 cm³/mol. The van der Waals surface area contributed by atoms with E-state index in [1.807, 2.05) is 12.1 Å². The van der Waals surface area contributed by atoms with Gasteiger partial charge in [-0.3, -0.25) is 4.79 Å². The maximum Gasteiger partial charge on any atom is 0.235 e. The summed E-state index contributed by atoms with van der Waals surface area (Å²) in [5.41, 5.74) is -0.00658. The van der Waals surface area contributed by atoms with Crippen molar-refractivity contribution in [1.82, 2.24) is 4.98 Å². The molecule has 116 valence electrons. The van der Waals surface area contributed by atoms with E-state index in [-0.39, 0.29) is 5.91 Å². The average Bonchev–Trinajstić information content (AvgIpc) is 2.79. The molecule has 0 bridgehead atoms. The number of hydrogen-bond donors (Lipinski definition) is 1. The van der Waals surface area contributed by atoms with Crippen molar-refractivity contribution < 1.29 is 14.3 Å². The molecule has 2 heterocycles. The lowest BCUT2D eigenvalue weighted by atomic mass is 10.1. The number of fused-ring (bicyclic) bond motifs is 2. The molecule has 0 radical (unpaired) electrons. The maximum atomic E-state index is 12.3. The number of ether oxygens (including phenoxy) is 2. The summed E-state index contributed by atoms with van der Waals surface area (Å²) in [5.74, 6) is 1.17. The summed E-state index contributed by atoms with van der Waals surface area (Å²) in [6.07, 6.45) is 0.440. The Bertz CT molecular complexity index is 749. The topological polar surface area (TPSA) is 60.5 Å².